The fourth-order valence-corrected chi connectivity index (χ4v) is 3.26. The molecular formula is C14H24N2O3. The molecule has 1 amide bonds. The topological polar surface area (TPSA) is 69.6 Å². The largest absolute Gasteiger partial charge is 0.481 e. The molecule has 3 unspecified atom stereocenters. The molecule has 1 heterocycles. The van der Waals surface area contributed by atoms with Crippen molar-refractivity contribution in [2.75, 3.05) is 13.1 Å². The number of carbonyl (C=O) groups excluding carboxylic acids is 1. The van der Waals surface area contributed by atoms with E-state index in [4.69, 9.17) is 0 Å². The predicted octanol–water partition coefficient (Wildman–Crippen LogP) is 1.09. The molecule has 3 atom stereocenters. The van der Waals surface area contributed by atoms with E-state index >= 15 is 0 Å². The molecule has 2 fully saturated rings. The van der Waals surface area contributed by atoms with E-state index in [2.05, 4.69) is 17.1 Å². The second-order valence-corrected chi connectivity index (χ2v) is 6.05. The van der Waals surface area contributed by atoms with Crippen LogP contribution in [-0.2, 0) is 9.59 Å². The Labute approximate surface area is 114 Å². The smallest absolute Gasteiger partial charge is 0.307 e. The Balaban J connectivity index is 2.00. The number of carboxylic acid groups (broad SMARTS) is 1. The Morgan fingerprint density at radius 2 is 2.00 bits per heavy atom. The Morgan fingerprint density at radius 1 is 1.32 bits per heavy atom. The average molecular weight is 268 g/mol. The molecule has 0 aromatic rings. The minimum Gasteiger partial charge on any atom is -0.481 e. The Morgan fingerprint density at radius 3 is 2.47 bits per heavy atom. The van der Waals surface area contributed by atoms with Crippen LogP contribution >= 0.6 is 0 Å². The normalized spacial score (nSPS) is 30.4. The van der Waals surface area contributed by atoms with Gasteiger partial charge in [-0.3, -0.25) is 14.5 Å². The summed E-state index contributed by atoms with van der Waals surface area (Å²) in [6.07, 6.45) is 4.34. The maximum Gasteiger partial charge on any atom is 0.307 e. The zero-order valence-electron chi connectivity index (χ0n) is 11.8. The third kappa shape index (κ3) is 3.47. The van der Waals surface area contributed by atoms with Crippen molar-refractivity contribution in [3.05, 3.63) is 0 Å². The first-order valence-corrected chi connectivity index (χ1v) is 7.21. The molecule has 2 aliphatic rings. The van der Waals surface area contributed by atoms with E-state index in [1.807, 2.05) is 0 Å². The molecule has 0 spiro atoms. The van der Waals surface area contributed by atoms with Gasteiger partial charge in [0.05, 0.1) is 5.92 Å². The van der Waals surface area contributed by atoms with E-state index in [1.54, 1.807) is 0 Å². The number of aliphatic carboxylic acids is 1. The van der Waals surface area contributed by atoms with Crippen molar-refractivity contribution in [2.45, 2.75) is 51.6 Å². The van der Waals surface area contributed by atoms with Crippen LogP contribution in [0.25, 0.3) is 0 Å². The molecule has 5 nitrogen and oxygen atoms in total. The van der Waals surface area contributed by atoms with E-state index in [1.165, 1.54) is 26.2 Å². The van der Waals surface area contributed by atoms with Gasteiger partial charge in [0.1, 0.15) is 0 Å². The number of carbonyl (C=O) groups is 2. The molecule has 5 heteroatoms. The predicted molar refractivity (Wildman–Crippen MR) is 71.7 cm³/mol. The summed E-state index contributed by atoms with van der Waals surface area (Å²) < 4.78 is 0. The molecule has 1 saturated carbocycles. The van der Waals surface area contributed by atoms with Crippen LogP contribution in [0, 0.1) is 11.8 Å². The molecular weight excluding hydrogens is 244 g/mol. The van der Waals surface area contributed by atoms with Crippen molar-refractivity contribution in [3.63, 3.8) is 0 Å². The van der Waals surface area contributed by atoms with Gasteiger partial charge in [0, 0.05) is 32.1 Å². The van der Waals surface area contributed by atoms with Crippen LogP contribution in [0.3, 0.4) is 0 Å². The fourth-order valence-electron chi connectivity index (χ4n) is 3.26. The first-order valence-electron chi connectivity index (χ1n) is 7.21. The van der Waals surface area contributed by atoms with Crippen LogP contribution in [-0.4, -0.2) is 47.1 Å². The summed E-state index contributed by atoms with van der Waals surface area (Å²) in [5.41, 5.74) is 0. The van der Waals surface area contributed by atoms with Gasteiger partial charge < -0.3 is 10.4 Å². The first-order chi connectivity index (χ1) is 8.97. The average Bonchev–Trinajstić information content (AvgIpc) is 2.25. The maximum absolute atomic E-state index is 11.3. The summed E-state index contributed by atoms with van der Waals surface area (Å²) in [5, 5.41) is 12.1. The van der Waals surface area contributed by atoms with Crippen molar-refractivity contribution in [1.29, 1.82) is 0 Å². The van der Waals surface area contributed by atoms with E-state index in [9.17, 15) is 14.7 Å². The fraction of sp³-hybridized carbons (Fsp3) is 0.857. The Kier molecular flexibility index (Phi) is 4.45. The van der Waals surface area contributed by atoms with Gasteiger partial charge in [-0.2, -0.15) is 0 Å². The number of amides is 1. The highest BCUT2D eigenvalue weighted by atomic mass is 16.4. The summed E-state index contributed by atoms with van der Waals surface area (Å²) in [7, 11) is 0. The molecule has 1 aliphatic carbocycles. The Bertz CT molecular complexity index is 355. The summed E-state index contributed by atoms with van der Waals surface area (Å²) in [6.45, 7) is 5.08. The second kappa shape index (κ2) is 5.90. The monoisotopic (exact) mass is 268 g/mol. The van der Waals surface area contributed by atoms with Crippen LogP contribution in [0.5, 0.6) is 0 Å². The number of carboxylic acids is 1. The van der Waals surface area contributed by atoms with E-state index in [0.717, 1.165) is 6.54 Å². The molecule has 2 rings (SSSR count). The van der Waals surface area contributed by atoms with Crippen LogP contribution in [0.1, 0.15) is 39.5 Å². The number of likely N-dealkylation sites (tertiary alicyclic amines) is 1. The number of piperidine rings is 1. The van der Waals surface area contributed by atoms with Gasteiger partial charge in [0.25, 0.3) is 0 Å². The van der Waals surface area contributed by atoms with Crippen molar-refractivity contribution in [2.24, 2.45) is 11.8 Å². The lowest BCUT2D eigenvalue weighted by molar-refractivity contribution is -0.145. The second-order valence-electron chi connectivity index (χ2n) is 6.05. The lowest BCUT2D eigenvalue weighted by Gasteiger charge is -2.44. The van der Waals surface area contributed by atoms with E-state index < -0.39 is 5.97 Å². The number of hydrogen-bond donors (Lipinski definition) is 2. The lowest BCUT2D eigenvalue weighted by Crippen LogP contribution is -2.56. The van der Waals surface area contributed by atoms with Crippen molar-refractivity contribution in [1.82, 2.24) is 10.2 Å². The Hall–Kier alpha value is -1.10. The van der Waals surface area contributed by atoms with Gasteiger partial charge in [-0.05, 0) is 32.1 Å². The molecule has 2 N–H and O–H groups in total. The SMILES string of the molecule is CC(=O)NC1CC(C(=O)O)CN(C(C)C2CCC2)C1. The zero-order chi connectivity index (χ0) is 14.0. The molecule has 19 heavy (non-hydrogen) atoms. The third-order valence-electron chi connectivity index (χ3n) is 4.64. The quantitative estimate of drug-likeness (QED) is 0.800. The molecule has 0 radical (unpaired) electrons. The number of nitrogens with zero attached hydrogens (tertiary/aromatic N) is 1. The van der Waals surface area contributed by atoms with Crippen molar-refractivity contribution >= 4 is 11.9 Å². The molecule has 0 aromatic heterocycles. The van der Waals surface area contributed by atoms with Gasteiger partial charge in [0.2, 0.25) is 5.91 Å². The van der Waals surface area contributed by atoms with Gasteiger partial charge >= 0.3 is 5.97 Å². The minimum atomic E-state index is -0.749. The number of nitrogens with one attached hydrogen (secondary N) is 1. The lowest BCUT2D eigenvalue weighted by atomic mass is 9.78. The zero-order valence-corrected chi connectivity index (χ0v) is 11.8. The minimum absolute atomic E-state index is 0.0325. The van der Waals surface area contributed by atoms with Gasteiger partial charge in [-0.25, -0.2) is 0 Å². The summed E-state index contributed by atoms with van der Waals surface area (Å²) >= 11 is 0. The van der Waals surface area contributed by atoms with E-state index in [0.29, 0.717) is 24.9 Å². The first kappa shape index (κ1) is 14.3. The van der Waals surface area contributed by atoms with Crippen molar-refractivity contribution in [3.8, 4) is 0 Å². The molecule has 0 aromatic carbocycles. The van der Waals surface area contributed by atoms with Gasteiger partial charge in [0.15, 0.2) is 0 Å². The summed E-state index contributed by atoms with van der Waals surface area (Å²) in [5.74, 6) is -0.494. The molecule has 1 saturated heterocycles. The van der Waals surface area contributed by atoms with Crippen molar-refractivity contribution < 1.29 is 14.7 Å². The van der Waals surface area contributed by atoms with Gasteiger partial charge in [-0.1, -0.05) is 6.42 Å². The highest BCUT2D eigenvalue weighted by Crippen LogP contribution is 2.33. The molecule has 108 valence electrons. The highest BCUT2D eigenvalue weighted by molar-refractivity contribution is 5.74. The van der Waals surface area contributed by atoms with Crippen LogP contribution < -0.4 is 5.32 Å². The molecule has 0 bridgehead atoms. The van der Waals surface area contributed by atoms with Crippen LogP contribution in [0.4, 0.5) is 0 Å². The molecule has 1 aliphatic heterocycles. The van der Waals surface area contributed by atoms with Gasteiger partial charge in [-0.15, -0.1) is 0 Å². The van der Waals surface area contributed by atoms with E-state index in [-0.39, 0.29) is 17.9 Å². The number of rotatable bonds is 4. The summed E-state index contributed by atoms with van der Waals surface area (Å²) in [4.78, 5) is 24.7. The van der Waals surface area contributed by atoms with Crippen LogP contribution in [0.15, 0.2) is 0 Å². The maximum atomic E-state index is 11.3. The number of hydrogen-bond acceptors (Lipinski definition) is 3. The van der Waals surface area contributed by atoms with Crippen LogP contribution in [0.2, 0.25) is 0 Å². The highest BCUT2D eigenvalue weighted by Gasteiger charge is 2.37. The standard InChI is InChI=1S/C14H24N2O3/c1-9(11-4-3-5-11)16-7-12(14(18)19)6-13(8-16)15-10(2)17/h9,11-13H,3-8H2,1-2H3,(H,15,17)(H,18,19). The summed E-state index contributed by atoms with van der Waals surface area (Å²) in [6, 6.07) is 0.391. The third-order valence-corrected chi connectivity index (χ3v) is 4.64.